The van der Waals surface area contributed by atoms with Crippen LogP contribution in [0, 0.1) is 0 Å². The van der Waals surface area contributed by atoms with Crippen molar-refractivity contribution in [3.05, 3.63) is 46.3 Å². The molecule has 1 aromatic heterocycles. The summed E-state index contributed by atoms with van der Waals surface area (Å²) in [5.74, 6) is 0. The molecule has 1 heterocycles. The maximum absolute atomic E-state index is 11.2. The van der Waals surface area contributed by atoms with Crippen LogP contribution in [-0.4, -0.2) is 5.54 Å². The molecule has 16 heavy (non-hydrogen) atoms. The Bertz CT molecular complexity index is 564. The second kappa shape index (κ2) is 3.76. The first-order valence-corrected chi connectivity index (χ1v) is 5.26. The molecular weight excluding hydrogens is 202 g/mol. The third-order valence-electron chi connectivity index (χ3n) is 2.37. The van der Waals surface area contributed by atoms with E-state index in [1.807, 2.05) is 32.0 Å². The normalized spacial score (nSPS) is 11.9. The summed E-state index contributed by atoms with van der Waals surface area (Å²) in [6.45, 7) is 3.90. The van der Waals surface area contributed by atoms with Crippen LogP contribution in [0.2, 0.25) is 0 Å². The van der Waals surface area contributed by atoms with Crippen LogP contribution >= 0.6 is 0 Å². The molecule has 0 aliphatic carbocycles. The zero-order chi connectivity index (χ0) is 11.8. The number of para-hydroxylation sites is 1. The molecule has 3 heteroatoms. The quantitative estimate of drug-likeness (QED) is 0.783. The van der Waals surface area contributed by atoms with E-state index < -0.39 is 0 Å². The fourth-order valence-corrected chi connectivity index (χ4v) is 1.78. The third-order valence-corrected chi connectivity index (χ3v) is 2.37. The molecule has 0 saturated heterocycles. The Morgan fingerprint density at radius 3 is 2.69 bits per heavy atom. The smallest absolute Gasteiger partial charge is 0.336 e. The number of hydrogen-bond donors (Lipinski definition) is 1. The van der Waals surface area contributed by atoms with Crippen molar-refractivity contribution in [3.63, 3.8) is 0 Å². The monoisotopic (exact) mass is 217 g/mol. The average molecular weight is 217 g/mol. The van der Waals surface area contributed by atoms with Crippen molar-refractivity contribution >= 4 is 11.0 Å². The molecule has 0 unspecified atom stereocenters. The zero-order valence-electron chi connectivity index (χ0n) is 9.49. The van der Waals surface area contributed by atoms with Crippen molar-refractivity contribution in [1.82, 2.24) is 0 Å². The predicted octanol–water partition coefficient (Wildman–Crippen LogP) is 2.07. The summed E-state index contributed by atoms with van der Waals surface area (Å²) < 4.78 is 5.23. The van der Waals surface area contributed by atoms with Crippen molar-refractivity contribution in [1.29, 1.82) is 0 Å². The Kier molecular flexibility index (Phi) is 2.56. The zero-order valence-corrected chi connectivity index (χ0v) is 9.49. The molecule has 0 spiro atoms. The van der Waals surface area contributed by atoms with Crippen molar-refractivity contribution in [2.45, 2.75) is 25.8 Å². The van der Waals surface area contributed by atoms with Crippen molar-refractivity contribution in [2.24, 2.45) is 5.73 Å². The molecule has 2 aromatic rings. The summed E-state index contributed by atoms with van der Waals surface area (Å²) in [7, 11) is 0. The van der Waals surface area contributed by atoms with E-state index in [2.05, 4.69) is 0 Å². The largest absolute Gasteiger partial charge is 0.422 e. The molecular formula is C13H15NO2. The average Bonchev–Trinajstić information content (AvgIpc) is 2.17. The molecule has 3 nitrogen and oxygen atoms in total. The van der Waals surface area contributed by atoms with Gasteiger partial charge < -0.3 is 10.2 Å². The highest BCUT2D eigenvalue weighted by molar-refractivity contribution is 5.79. The van der Waals surface area contributed by atoms with Crippen molar-refractivity contribution in [2.75, 3.05) is 0 Å². The topological polar surface area (TPSA) is 56.2 Å². The number of nitrogens with two attached hydrogens (primary N) is 1. The first kappa shape index (κ1) is 10.9. The summed E-state index contributed by atoms with van der Waals surface area (Å²) in [6.07, 6.45) is 0.678. The van der Waals surface area contributed by atoms with Gasteiger partial charge in [-0.2, -0.15) is 0 Å². The van der Waals surface area contributed by atoms with E-state index in [1.54, 1.807) is 6.07 Å². The van der Waals surface area contributed by atoms with Crippen LogP contribution in [0.25, 0.3) is 11.0 Å². The lowest BCUT2D eigenvalue weighted by Crippen LogP contribution is -2.34. The van der Waals surface area contributed by atoms with Gasteiger partial charge in [0.1, 0.15) is 5.58 Å². The fraction of sp³-hybridized carbons (Fsp3) is 0.308. The van der Waals surface area contributed by atoms with E-state index in [-0.39, 0.29) is 11.2 Å². The standard InChI is InChI=1S/C13H15NO2/c1-13(2,14)8-10-5-3-4-9-6-7-11(15)16-12(9)10/h3-7H,8,14H2,1-2H3. The van der Waals surface area contributed by atoms with E-state index in [1.165, 1.54) is 6.07 Å². The highest BCUT2D eigenvalue weighted by Gasteiger charge is 2.14. The molecule has 0 saturated carbocycles. The molecule has 0 fully saturated rings. The number of hydrogen-bond acceptors (Lipinski definition) is 3. The Morgan fingerprint density at radius 1 is 1.25 bits per heavy atom. The van der Waals surface area contributed by atoms with E-state index in [0.29, 0.717) is 12.0 Å². The van der Waals surface area contributed by atoms with Gasteiger partial charge in [-0.25, -0.2) is 4.79 Å². The minimum Gasteiger partial charge on any atom is -0.422 e. The summed E-state index contributed by atoms with van der Waals surface area (Å²) in [4.78, 5) is 11.2. The minimum atomic E-state index is -0.324. The van der Waals surface area contributed by atoms with Crippen LogP contribution in [0.4, 0.5) is 0 Å². The second-order valence-corrected chi connectivity index (χ2v) is 4.76. The van der Waals surface area contributed by atoms with Crippen molar-refractivity contribution < 1.29 is 4.42 Å². The first-order chi connectivity index (χ1) is 7.46. The summed E-state index contributed by atoms with van der Waals surface area (Å²) in [5.41, 5.74) is 6.96. The molecule has 0 radical (unpaired) electrons. The van der Waals surface area contributed by atoms with Crippen LogP contribution in [0.1, 0.15) is 19.4 Å². The Morgan fingerprint density at radius 2 is 2.00 bits per heavy atom. The highest BCUT2D eigenvalue weighted by atomic mass is 16.4. The van der Waals surface area contributed by atoms with E-state index >= 15 is 0 Å². The molecule has 0 bridgehead atoms. The first-order valence-electron chi connectivity index (χ1n) is 5.26. The van der Waals surface area contributed by atoms with Gasteiger partial charge in [0.05, 0.1) is 0 Å². The van der Waals surface area contributed by atoms with E-state index in [4.69, 9.17) is 10.2 Å². The van der Waals surface area contributed by atoms with Gasteiger partial charge in [-0.15, -0.1) is 0 Å². The van der Waals surface area contributed by atoms with E-state index in [0.717, 1.165) is 10.9 Å². The number of rotatable bonds is 2. The molecule has 0 atom stereocenters. The Labute approximate surface area is 93.9 Å². The third kappa shape index (κ3) is 2.31. The lowest BCUT2D eigenvalue weighted by atomic mass is 9.95. The van der Waals surface area contributed by atoms with Crippen LogP contribution in [0.3, 0.4) is 0 Å². The lowest BCUT2D eigenvalue weighted by molar-refractivity contribution is 0.505. The van der Waals surface area contributed by atoms with Gasteiger partial charge in [0.15, 0.2) is 0 Å². The van der Waals surface area contributed by atoms with Crippen LogP contribution < -0.4 is 11.4 Å². The Hall–Kier alpha value is -1.61. The summed E-state index contributed by atoms with van der Waals surface area (Å²) in [6, 6.07) is 9.02. The highest BCUT2D eigenvalue weighted by Crippen LogP contribution is 2.20. The number of fused-ring (bicyclic) bond motifs is 1. The lowest BCUT2D eigenvalue weighted by Gasteiger charge is -2.18. The van der Waals surface area contributed by atoms with E-state index in [9.17, 15) is 4.79 Å². The number of benzene rings is 1. The Balaban J connectivity index is 2.61. The van der Waals surface area contributed by atoms with Crippen LogP contribution in [-0.2, 0) is 6.42 Å². The van der Waals surface area contributed by atoms with Gasteiger partial charge >= 0.3 is 5.63 Å². The van der Waals surface area contributed by atoms with Gasteiger partial charge in [-0.05, 0) is 31.9 Å². The van der Waals surface area contributed by atoms with Gasteiger partial charge in [-0.1, -0.05) is 18.2 Å². The molecule has 0 aliphatic heterocycles. The van der Waals surface area contributed by atoms with Gasteiger partial charge in [0, 0.05) is 17.0 Å². The van der Waals surface area contributed by atoms with Gasteiger partial charge in [0.2, 0.25) is 0 Å². The fourth-order valence-electron chi connectivity index (χ4n) is 1.78. The summed E-state index contributed by atoms with van der Waals surface area (Å²) >= 11 is 0. The van der Waals surface area contributed by atoms with Crippen molar-refractivity contribution in [3.8, 4) is 0 Å². The van der Waals surface area contributed by atoms with Crippen LogP contribution in [0.15, 0.2) is 39.5 Å². The molecule has 84 valence electrons. The molecule has 2 N–H and O–H groups in total. The predicted molar refractivity (Wildman–Crippen MR) is 64.5 cm³/mol. The summed E-state index contributed by atoms with van der Waals surface area (Å²) in [5, 5.41) is 0.932. The second-order valence-electron chi connectivity index (χ2n) is 4.76. The minimum absolute atomic E-state index is 0.317. The van der Waals surface area contributed by atoms with Crippen LogP contribution in [0.5, 0.6) is 0 Å². The molecule has 1 aromatic carbocycles. The molecule has 2 rings (SSSR count). The molecule has 0 aliphatic rings. The SMILES string of the molecule is CC(C)(N)Cc1cccc2ccc(=O)oc12. The van der Waals surface area contributed by atoms with Gasteiger partial charge in [-0.3, -0.25) is 0 Å². The molecule has 0 amide bonds. The van der Waals surface area contributed by atoms with Gasteiger partial charge in [0.25, 0.3) is 0 Å². The maximum atomic E-state index is 11.2. The maximum Gasteiger partial charge on any atom is 0.336 e.